The average Bonchev–Trinajstić information content (AvgIpc) is 2.74. The normalized spacial score (nSPS) is 19.0. The van der Waals surface area contributed by atoms with E-state index in [-0.39, 0.29) is 17.7 Å². The van der Waals surface area contributed by atoms with Crippen molar-refractivity contribution in [2.75, 3.05) is 38.2 Å². The number of para-hydroxylation sites is 2. The molecule has 1 fully saturated rings. The standard InChI is InChI=1S/C21H22N2O4/c24-20(16-13-15-5-1-4-8-19(15)27-14-16)22-18-7-3-2-6-17(18)21(25)23-9-11-26-12-10-23/h1-8,16H,9-14H2,(H,22,24). The summed E-state index contributed by atoms with van der Waals surface area (Å²) in [7, 11) is 0. The molecule has 1 unspecified atom stereocenters. The summed E-state index contributed by atoms with van der Waals surface area (Å²) < 4.78 is 11.0. The summed E-state index contributed by atoms with van der Waals surface area (Å²) >= 11 is 0. The SMILES string of the molecule is O=C(Nc1ccccc1C(=O)N1CCOCC1)C1COc2ccccc2C1. The molecule has 2 heterocycles. The minimum absolute atomic E-state index is 0.0839. The number of hydrogen-bond donors (Lipinski definition) is 1. The molecule has 2 amide bonds. The van der Waals surface area contributed by atoms with Crippen LogP contribution in [0.3, 0.4) is 0 Å². The van der Waals surface area contributed by atoms with Crippen LogP contribution in [0.4, 0.5) is 5.69 Å². The van der Waals surface area contributed by atoms with Crippen LogP contribution in [0.15, 0.2) is 48.5 Å². The molecule has 0 aromatic heterocycles. The van der Waals surface area contributed by atoms with Crippen molar-refractivity contribution in [3.05, 3.63) is 59.7 Å². The van der Waals surface area contributed by atoms with Crippen molar-refractivity contribution in [2.24, 2.45) is 5.92 Å². The summed E-state index contributed by atoms with van der Waals surface area (Å²) in [5.74, 6) is 0.335. The Bertz CT molecular complexity index is 846. The largest absolute Gasteiger partial charge is 0.492 e. The van der Waals surface area contributed by atoms with E-state index in [0.717, 1.165) is 11.3 Å². The predicted molar refractivity (Wildman–Crippen MR) is 101 cm³/mol. The van der Waals surface area contributed by atoms with Gasteiger partial charge in [-0.2, -0.15) is 0 Å². The molecule has 2 aromatic rings. The molecule has 2 aliphatic heterocycles. The maximum atomic E-state index is 12.8. The minimum Gasteiger partial charge on any atom is -0.492 e. The average molecular weight is 366 g/mol. The smallest absolute Gasteiger partial charge is 0.256 e. The fourth-order valence-corrected chi connectivity index (χ4v) is 3.45. The van der Waals surface area contributed by atoms with Gasteiger partial charge in [0.1, 0.15) is 12.4 Å². The zero-order chi connectivity index (χ0) is 18.6. The van der Waals surface area contributed by atoms with Gasteiger partial charge in [0, 0.05) is 13.1 Å². The van der Waals surface area contributed by atoms with Gasteiger partial charge in [0.05, 0.1) is 30.4 Å². The number of carbonyl (C=O) groups is 2. The van der Waals surface area contributed by atoms with Crippen LogP contribution in [0.1, 0.15) is 15.9 Å². The molecule has 1 N–H and O–H groups in total. The van der Waals surface area contributed by atoms with E-state index in [0.29, 0.717) is 50.6 Å². The van der Waals surface area contributed by atoms with E-state index in [1.54, 1.807) is 17.0 Å². The van der Waals surface area contributed by atoms with Gasteiger partial charge >= 0.3 is 0 Å². The van der Waals surface area contributed by atoms with Crippen molar-refractivity contribution in [3.63, 3.8) is 0 Å². The molecule has 1 atom stereocenters. The monoisotopic (exact) mass is 366 g/mol. The Hall–Kier alpha value is -2.86. The third kappa shape index (κ3) is 3.80. The Morgan fingerprint density at radius 1 is 1.00 bits per heavy atom. The highest BCUT2D eigenvalue weighted by Gasteiger charge is 2.27. The molecule has 0 spiro atoms. The first-order valence-electron chi connectivity index (χ1n) is 9.20. The molecule has 0 bridgehead atoms. The van der Waals surface area contributed by atoms with Crippen LogP contribution < -0.4 is 10.1 Å². The lowest BCUT2D eigenvalue weighted by Crippen LogP contribution is -2.41. The van der Waals surface area contributed by atoms with Gasteiger partial charge in [-0.1, -0.05) is 30.3 Å². The van der Waals surface area contributed by atoms with Crippen LogP contribution in [0.5, 0.6) is 5.75 Å². The highest BCUT2D eigenvalue weighted by Crippen LogP contribution is 2.28. The Balaban J connectivity index is 1.48. The van der Waals surface area contributed by atoms with E-state index in [1.807, 2.05) is 36.4 Å². The van der Waals surface area contributed by atoms with E-state index in [1.165, 1.54) is 0 Å². The number of nitrogens with one attached hydrogen (secondary N) is 1. The number of fused-ring (bicyclic) bond motifs is 1. The van der Waals surface area contributed by atoms with Crippen LogP contribution in [-0.4, -0.2) is 49.6 Å². The van der Waals surface area contributed by atoms with Gasteiger partial charge in [0.25, 0.3) is 5.91 Å². The van der Waals surface area contributed by atoms with Crippen molar-refractivity contribution < 1.29 is 19.1 Å². The van der Waals surface area contributed by atoms with Crippen LogP contribution in [0, 0.1) is 5.92 Å². The lowest BCUT2D eigenvalue weighted by Gasteiger charge is -2.28. The Kier molecular flexibility index (Phi) is 5.07. The summed E-state index contributed by atoms with van der Waals surface area (Å²) in [6.45, 7) is 2.54. The number of nitrogens with zero attached hydrogens (tertiary/aromatic N) is 1. The molecule has 140 valence electrons. The number of ether oxygens (including phenoxy) is 2. The summed E-state index contributed by atoms with van der Waals surface area (Å²) in [6, 6.07) is 14.9. The van der Waals surface area contributed by atoms with Crippen molar-refractivity contribution in [3.8, 4) is 5.75 Å². The number of morpholine rings is 1. The molecule has 27 heavy (non-hydrogen) atoms. The fraction of sp³-hybridized carbons (Fsp3) is 0.333. The maximum absolute atomic E-state index is 12.8. The highest BCUT2D eigenvalue weighted by atomic mass is 16.5. The molecule has 1 saturated heterocycles. The van der Waals surface area contributed by atoms with Gasteiger partial charge in [-0.05, 0) is 30.2 Å². The van der Waals surface area contributed by atoms with Gasteiger partial charge in [0.15, 0.2) is 0 Å². The Labute approximate surface area is 158 Å². The second-order valence-electron chi connectivity index (χ2n) is 6.76. The number of amides is 2. The van der Waals surface area contributed by atoms with E-state index in [9.17, 15) is 9.59 Å². The van der Waals surface area contributed by atoms with Crippen molar-refractivity contribution >= 4 is 17.5 Å². The number of rotatable bonds is 3. The van der Waals surface area contributed by atoms with Gasteiger partial charge in [-0.15, -0.1) is 0 Å². The topological polar surface area (TPSA) is 67.9 Å². The molecule has 0 saturated carbocycles. The Morgan fingerprint density at radius 2 is 1.74 bits per heavy atom. The third-order valence-corrected chi connectivity index (χ3v) is 4.96. The van der Waals surface area contributed by atoms with Gasteiger partial charge < -0.3 is 19.7 Å². The van der Waals surface area contributed by atoms with Crippen LogP contribution >= 0.6 is 0 Å². The van der Waals surface area contributed by atoms with E-state index >= 15 is 0 Å². The molecule has 6 heteroatoms. The van der Waals surface area contributed by atoms with Crippen molar-refractivity contribution in [1.29, 1.82) is 0 Å². The number of anilines is 1. The first-order valence-corrected chi connectivity index (χ1v) is 9.20. The van der Waals surface area contributed by atoms with E-state index in [4.69, 9.17) is 9.47 Å². The van der Waals surface area contributed by atoms with E-state index in [2.05, 4.69) is 5.32 Å². The number of carbonyl (C=O) groups excluding carboxylic acids is 2. The summed E-state index contributed by atoms with van der Waals surface area (Å²) in [5, 5.41) is 2.93. The van der Waals surface area contributed by atoms with Gasteiger partial charge in [0.2, 0.25) is 5.91 Å². The lowest BCUT2D eigenvalue weighted by atomic mass is 9.96. The molecule has 6 nitrogen and oxygen atoms in total. The quantitative estimate of drug-likeness (QED) is 0.905. The molecule has 0 aliphatic carbocycles. The highest BCUT2D eigenvalue weighted by molar-refractivity contribution is 6.04. The molecular weight excluding hydrogens is 344 g/mol. The summed E-state index contributed by atoms with van der Waals surface area (Å²) in [4.78, 5) is 27.4. The first-order chi connectivity index (χ1) is 13.2. The van der Waals surface area contributed by atoms with Crippen LogP contribution in [-0.2, 0) is 16.0 Å². The van der Waals surface area contributed by atoms with Gasteiger partial charge in [-0.25, -0.2) is 0 Å². The molecular formula is C21H22N2O4. The lowest BCUT2D eigenvalue weighted by molar-refractivity contribution is -0.121. The number of benzene rings is 2. The van der Waals surface area contributed by atoms with E-state index < -0.39 is 0 Å². The minimum atomic E-state index is -0.286. The zero-order valence-corrected chi connectivity index (χ0v) is 15.0. The first kappa shape index (κ1) is 17.5. The molecule has 4 rings (SSSR count). The summed E-state index contributed by atoms with van der Waals surface area (Å²) in [6.07, 6.45) is 0.627. The van der Waals surface area contributed by atoms with Crippen LogP contribution in [0.2, 0.25) is 0 Å². The molecule has 0 radical (unpaired) electrons. The maximum Gasteiger partial charge on any atom is 0.256 e. The molecule has 2 aromatic carbocycles. The number of hydrogen-bond acceptors (Lipinski definition) is 4. The summed E-state index contributed by atoms with van der Waals surface area (Å²) in [5.41, 5.74) is 2.07. The second kappa shape index (κ2) is 7.80. The zero-order valence-electron chi connectivity index (χ0n) is 15.0. The molecule has 2 aliphatic rings. The van der Waals surface area contributed by atoms with Crippen molar-refractivity contribution in [2.45, 2.75) is 6.42 Å². The third-order valence-electron chi connectivity index (χ3n) is 4.96. The fourth-order valence-electron chi connectivity index (χ4n) is 3.45. The van der Waals surface area contributed by atoms with Crippen LogP contribution in [0.25, 0.3) is 0 Å². The van der Waals surface area contributed by atoms with Gasteiger partial charge in [-0.3, -0.25) is 9.59 Å². The predicted octanol–water partition coefficient (Wildman–Crippen LogP) is 2.35. The Morgan fingerprint density at radius 3 is 2.59 bits per heavy atom. The van der Waals surface area contributed by atoms with Crippen molar-refractivity contribution in [1.82, 2.24) is 4.90 Å². The second-order valence-corrected chi connectivity index (χ2v) is 6.76.